The van der Waals surface area contributed by atoms with E-state index in [2.05, 4.69) is 4.72 Å². The third-order valence-corrected chi connectivity index (χ3v) is 6.70. The minimum atomic E-state index is -4.05. The number of hydrogen-bond donors (Lipinski definition) is 1. The number of nitrogens with one attached hydrogen (secondary N) is 1. The Hall–Kier alpha value is -3.33. The number of methoxy groups -OCH3 is 1. The van der Waals surface area contributed by atoms with Gasteiger partial charge in [0, 0.05) is 17.9 Å². The highest BCUT2D eigenvalue weighted by Gasteiger charge is 2.24. The largest absolute Gasteiger partial charge is 0.495 e. The molecule has 1 N–H and O–H groups in total. The van der Waals surface area contributed by atoms with E-state index in [-0.39, 0.29) is 22.1 Å². The molecule has 0 saturated carbocycles. The molecule has 0 bridgehead atoms. The van der Waals surface area contributed by atoms with Gasteiger partial charge in [-0.15, -0.1) is 0 Å². The Bertz CT molecular complexity index is 1160. The SMILES string of the molecule is CCN(C(=O)COC(=O)c1ccc(OC)c(S(=O)(=O)Nc2ccc(C)cc2)c1)C1=CCCC1. The number of nitrogens with zero attached hydrogens (tertiary/aromatic N) is 1. The third-order valence-electron chi connectivity index (χ3n) is 5.30. The molecule has 33 heavy (non-hydrogen) atoms. The summed E-state index contributed by atoms with van der Waals surface area (Å²) in [5.41, 5.74) is 2.30. The van der Waals surface area contributed by atoms with E-state index in [0.717, 1.165) is 30.5 Å². The topological polar surface area (TPSA) is 102 Å². The molecule has 0 heterocycles. The highest BCUT2D eigenvalue weighted by Crippen LogP contribution is 2.28. The van der Waals surface area contributed by atoms with Crippen LogP contribution in [0.25, 0.3) is 0 Å². The van der Waals surface area contributed by atoms with Crippen LogP contribution in [-0.4, -0.2) is 45.5 Å². The molecular formula is C24H28N2O6S. The van der Waals surface area contributed by atoms with E-state index in [4.69, 9.17) is 9.47 Å². The number of hydrogen-bond acceptors (Lipinski definition) is 6. The quantitative estimate of drug-likeness (QED) is 0.556. The lowest BCUT2D eigenvalue weighted by atomic mass is 10.2. The standard InChI is InChI=1S/C24H28N2O6S/c1-4-26(20-7-5-6-8-20)23(27)16-32-24(28)18-11-14-21(31-3)22(15-18)33(29,30)25-19-12-9-17(2)10-13-19/h7,9-15,25H,4-6,8,16H2,1-3H3. The van der Waals surface area contributed by atoms with Crippen molar-refractivity contribution in [2.45, 2.75) is 38.0 Å². The first kappa shape index (κ1) is 24.3. The van der Waals surface area contributed by atoms with Crippen molar-refractivity contribution in [2.24, 2.45) is 0 Å². The number of carbonyl (C=O) groups is 2. The summed E-state index contributed by atoms with van der Waals surface area (Å²) in [6.45, 7) is 3.81. The van der Waals surface area contributed by atoms with Crippen LogP contribution in [0.1, 0.15) is 42.1 Å². The van der Waals surface area contributed by atoms with Crippen LogP contribution in [0.5, 0.6) is 5.75 Å². The summed E-state index contributed by atoms with van der Waals surface area (Å²) in [4.78, 5) is 26.5. The monoisotopic (exact) mass is 472 g/mol. The van der Waals surface area contributed by atoms with Crippen molar-refractivity contribution in [1.82, 2.24) is 4.90 Å². The number of sulfonamides is 1. The van der Waals surface area contributed by atoms with Crippen LogP contribution in [0.3, 0.4) is 0 Å². The van der Waals surface area contributed by atoms with Crippen molar-refractivity contribution in [2.75, 3.05) is 25.0 Å². The molecule has 0 atom stereocenters. The average Bonchev–Trinajstić information content (AvgIpc) is 3.33. The lowest BCUT2D eigenvalue weighted by Crippen LogP contribution is -2.33. The summed E-state index contributed by atoms with van der Waals surface area (Å²) < 4.78 is 38.8. The van der Waals surface area contributed by atoms with Gasteiger partial charge in [-0.25, -0.2) is 13.2 Å². The van der Waals surface area contributed by atoms with Crippen molar-refractivity contribution in [3.05, 3.63) is 65.4 Å². The van der Waals surface area contributed by atoms with Crippen molar-refractivity contribution < 1.29 is 27.5 Å². The summed E-state index contributed by atoms with van der Waals surface area (Å²) in [5, 5.41) is 0. The average molecular weight is 473 g/mol. The number of allylic oxidation sites excluding steroid dienone is 2. The third kappa shape index (κ3) is 5.92. The minimum absolute atomic E-state index is 0.00369. The van der Waals surface area contributed by atoms with Crippen LogP contribution < -0.4 is 9.46 Å². The Morgan fingerprint density at radius 3 is 2.45 bits per heavy atom. The molecular weight excluding hydrogens is 444 g/mol. The molecule has 0 aromatic heterocycles. The second-order valence-electron chi connectivity index (χ2n) is 7.64. The Labute approximate surface area is 194 Å². The highest BCUT2D eigenvalue weighted by molar-refractivity contribution is 7.92. The second kappa shape index (κ2) is 10.5. The van der Waals surface area contributed by atoms with Crippen molar-refractivity contribution in [1.29, 1.82) is 0 Å². The predicted octanol–water partition coefficient (Wildman–Crippen LogP) is 3.88. The molecule has 0 spiro atoms. The van der Waals surface area contributed by atoms with Gasteiger partial charge in [-0.2, -0.15) is 0 Å². The minimum Gasteiger partial charge on any atom is -0.495 e. The van der Waals surface area contributed by atoms with E-state index < -0.39 is 22.6 Å². The van der Waals surface area contributed by atoms with Gasteiger partial charge in [0.1, 0.15) is 10.6 Å². The molecule has 0 radical (unpaired) electrons. The zero-order chi connectivity index (χ0) is 24.0. The molecule has 8 nitrogen and oxygen atoms in total. The van der Waals surface area contributed by atoms with E-state index >= 15 is 0 Å². The van der Waals surface area contributed by atoms with Gasteiger partial charge < -0.3 is 14.4 Å². The van der Waals surface area contributed by atoms with Gasteiger partial charge in [-0.05, 0) is 63.4 Å². The number of anilines is 1. The fourth-order valence-electron chi connectivity index (χ4n) is 3.57. The smallest absolute Gasteiger partial charge is 0.338 e. The molecule has 0 unspecified atom stereocenters. The maximum absolute atomic E-state index is 13.0. The summed E-state index contributed by atoms with van der Waals surface area (Å²) in [6, 6.07) is 10.8. The summed E-state index contributed by atoms with van der Waals surface area (Å²) in [5.74, 6) is -1.04. The van der Waals surface area contributed by atoms with Gasteiger partial charge in [0.25, 0.3) is 15.9 Å². The molecule has 0 fully saturated rings. The molecule has 176 valence electrons. The summed E-state index contributed by atoms with van der Waals surface area (Å²) in [7, 11) is -2.71. The number of esters is 1. The van der Waals surface area contributed by atoms with Gasteiger partial charge in [0.05, 0.1) is 12.7 Å². The zero-order valence-corrected chi connectivity index (χ0v) is 19.8. The van der Waals surface area contributed by atoms with Crippen LogP contribution in [0, 0.1) is 6.92 Å². The normalized spacial score (nSPS) is 13.2. The zero-order valence-electron chi connectivity index (χ0n) is 19.0. The Morgan fingerprint density at radius 1 is 1.12 bits per heavy atom. The van der Waals surface area contributed by atoms with Crippen molar-refractivity contribution >= 4 is 27.6 Å². The number of rotatable bonds is 9. The summed E-state index contributed by atoms with van der Waals surface area (Å²) in [6.07, 6.45) is 4.77. The Kier molecular flexibility index (Phi) is 7.75. The van der Waals surface area contributed by atoms with E-state index in [0.29, 0.717) is 12.2 Å². The van der Waals surface area contributed by atoms with E-state index in [9.17, 15) is 18.0 Å². The fraction of sp³-hybridized carbons (Fsp3) is 0.333. The van der Waals surface area contributed by atoms with Gasteiger partial charge in [0.2, 0.25) is 0 Å². The highest BCUT2D eigenvalue weighted by atomic mass is 32.2. The molecule has 3 rings (SSSR count). The van der Waals surface area contributed by atoms with Crippen LogP contribution in [0.4, 0.5) is 5.69 Å². The Balaban J connectivity index is 1.75. The molecule has 9 heteroatoms. The van der Waals surface area contributed by atoms with Gasteiger partial charge in [0.15, 0.2) is 6.61 Å². The van der Waals surface area contributed by atoms with E-state index in [1.54, 1.807) is 29.2 Å². The predicted molar refractivity (Wildman–Crippen MR) is 125 cm³/mol. The molecule has 1 aliphatic carbocycles. The van der Waals surface area contributed by atoms with Gasteiger partial charge >= 0.3 is 5.97 Å². The molecule has 2 aromatic carbocycles. The maximum atomic E-state index is 13.0. The van der Waals surface area contributed by atoms with Crippen LogP contribution in [0.2, 0.25) is 0 Å². The van der Waals surface area contributed by atoms with Crippen molar-refractivity contribution in [3.63, 3.8) is 0 Å². The van der Waals surface area contributed by atoms with Gasteiger partial charge in [-0.3, -0.25) is 9.52 Å². The number of amides is 1. The van der Waals surface area contributed by atoms with Crippen LogP contribution in [-0.2, 0) is 19.6 Å². The summed E-state index contributed by atoms with van der Waals surface area (Å²) >= 11 is 0. The molecule has 1 aliphatic rings. The number of ether oxygens (including phenoxy) is 2. The molecule has 2 aromatic rings. The second-order valence-corrected chi connectivity index (χ2v) is 9.29. The van der Waals surface area contributed by atoms with Gasteiger partial charge in [-0.1, -0.05) is 23.8 Å². The lowest BCUT2D eigenvalue weighted by Gasteiger charge is -2.22. The lowest BCUT2D eigenvalue weighted by molar-refractivity contribution is -0.132. The van der Waals surface area contributed by atoms with E-state index in [1.807, 2.05) is 19.9 Å². The molecule has 0 aliphatic heterocycles. The first-order valence-electron chi connectivity index (χ1n) is 10.7. The fourth-order valence-corrected chi connectivity index (χ4v) is 4.83. The Morgan fingerprint density at radius 2 is 1.85 bits per heavy atom. The van der Waals surface area contributed by atoms with Crippen LogP contribution >= 0.6 is 0 Å². The van der Waals surface area contributed by atoms with Crippen molar-refractivity contribution in [3.8, 4) is 5.75 Å². The molecule has 0 saturated heterocycles. The number of aryl methyl sites for hydroxylation is 1. The first-order valence-corrected chi connectivity index (χ1v) is 12.2. The number of carbonyl (C=O) groups excluding carboxylic acids is 2. The van der Waals surface area contributed by atoms with Crippen LogP contribution in [0.15, 0.2) is 59.1 Å². The number of likely N-dealkylation sites (N-methyl/N-ethyl adjacent to an activating group) is 1. The molecule has 1 amide bonds. The number of benzene rings is 2. The first-order chi connectivity index (χ1) is 15.7. The maximum Gasteiger partial charge on any atom is 0.338 e. The van der Waals surface area contributed by atoms with E-state index in [1.165, 1.54) is 25.3 Å².